The van der Waals surface area contributed by atoms with E-state index in [-0.39, 0.29) is 11.5 Å². The van der Waals surface area contributed by atoms with Crippen LogP contribution in [0.15, 0.2) is 70.1 Å². The Balaban J connectivity index is 1.42. The SMILES string of the molecule is O=C(c1ccco1)N1CCC(Cn2nc(-c3ccccc3)ccc2=O)CC1. The van der Waals surface area contributed by atoms with Gasteiger partial charge in [0.25, 0.3) is 11.5 Å². The number of carbonyl (C=O) groups is 1. The van der Waals surface area contributed by atoms with Gasteiger partial charge in [-0.1, -0.05) is 30.3 Å². The van der Waals surface area contributed by atoms with E-state index < -0.39 is 0 Å². The van der Waals surface area contributed by atoms with E-state index in [0.717, 1.165) is 24.1 Å². The molecule has 0 saturated carbocycles. The van der Waals surface area contributed by atoms with Crippen LogP contribution in [0.5, 0.6) is 0 Å². The highest BCUT2D eigenvalue weighted by Crippen LogP contribution is 2.21. The highest BCUT2D eigenvalue weighted by atomic mass is 16.3. The third-order valence-electron chi connectivity index (χ3n) is 5.00. The van der Waals surface area contributed by atoms with Crippen molar-refractivity contribution in [3.8, 4) is 11.3 Å². The summed E-state index contributed by atoms with van der Waals surface area (Å²) in [6.45, 7) is 1.90. The summed E-state index contributed by atoms with van der Waals surface area (Å²) in [5.74, 6) is 0.628. The summed E-state index contributed by atoms with van der Waals surface area (Å²) in [5.41, 5.74) is 1.69. The number of amides is 1. The van der Waals surface area contributed by atoms with Gasteiger partial charge in [0.05, 0.1) is 12.0 Å². The number of likely N-dealkylation sites (tertiary alicyclic amines) is 1. The lowest BCUT2D eigenvalue weighted by atomic mass is 9.96. The van der Waals surface area contributed by atoms with Gasteiger partial charge in [0.1, 0.15) is 0 Å². The molecule has 138 valence electrons. The van der Waals surface area contributed by atoms with Crippen LogP contribution < -0.4 is 5.56 Å². The van der Waals surface area contributed by atoms with Crippen molar-refractivity contribution in [3.05, 3.63) is 77.0 Å². The largest absolute Gasteiger partial charge is 0.459 e. The number of nitrogens with zero attached hydrogens (tertiary/aromatic N) is 3. The fourth-order valence-corrected chi connectivity index (χ4v) is 3.46. The quantitative estimate of drug-likeness (QED) is 0.714. The molecule has 1 aliphatic heterocycles. The van der Waals surface area contributed by atoms with Gasteiger partial charge in [-0.15, -0.1) is 0 Å². The molecular weight excluding hydrogens is 342 g/mol. The number of hydrogen-bond donors (Lipinski definition) is 0. The summed E-state index contributed by atoms with van der Waals surface area (Å²) in [5, 5.41) is 4.54. The van der Waals surface area contributed by atoms with Gasteiger partial charge < -0.3 is 9.32 Å². The van der Waals surface area contributed by atoms with E-state index in [1.807, 2.05) is 35.2 Å². The molecule has 0 aliphatic carbocycles. The molecule has 1 fully saturated rings. The van der Waals surface area contributed by atoms with Gasteiger partial charge in [0.15, 0.2) is 5.76 Å². The summed E-state index contributed by atoms with van der Waals surface area (Å²) >= 11 is 0. The van der Waals surface area contributed by atoms with Crippen LogP contribution in [0.4, 0.5) is 0 Å². The zero-order valence-electron chi connectivity index (χ0n) is 15.0. The smallest absolute Gasteiger partial charge is 0.289 e. The second kappa shape index (κ2) is 7.61. The molecule has 0 radical (unpaired) electrons. The average molecular weight is 363 g/mol. The first-order chi connectivity index (χ1) is 13.2. The van der Waals surface area contributed by atoms with Crippen LogP contribution in [-0.4, -0.2) is 33.7 Å². The van der Waals surface area contributed by atoms with E-state index in [9.17, 15) is 9.59 Å². The van der Waals surface area contributed by atoms with E-state index in [1.54, 1.807) is 28.9 Å². The van der Waals surface area contributed by atoms with Crippen molar-refractivity contribution in [3.63, 3.8) is 0 Å². The first-order valence-corrected chi connectivity index (χ1v) is 9.17. The van der Waals surface area contributed by atoms with Crippen molar-refractivity contribution in [2.24, 2.45) is 5.92 Å². The zero-order chi connectivity index (χ0) is 18.6. The molecule has 0 unspecified atom stereocenters. The van der Waals surface area contributed by atoms with Crippen LogP contribution >= 0.6 is 0 Å². The first-order valence-electron chi connectivity index (χ1n) is 9.17. The summed E-state index contributed by atoms with van der Waals surface area (Å²) in [4.78, 5) is 26.4. The summed E-state index contributed by atoms with van der Waals surface area (Å²) in [6.07, 6.45) is 3.20. The maximum atomic E-state index is 12.3. The fourth-order valence-electron chi connectivity index (χ4n) is 3.46. The number of carbonyl (C=O) groups excluding carboxylic acids is 1. The molecule has 0 N–H and O–H groups in total. The van der Waals surface area contributed by atoms with Gasteiger partial charge in [-0.25, -0.2) is 4.68 Å². The van der Waals surface area contributed by atoms with Gasteiger partial charge in [-0.05, 0) is 37.0 Å². The normalized spacial score (nSPS) is 15.0. The maximum absolute atomic E-state index is 12.3. The van der Waals surface area contributed by atoms with Crippen LogP contribution in [0.1, 0.15) is 23.4 Å². The lowest BCUT2D eigenvalue weighted by Crippen LogP contribution is -2.40. The zero-order valence-corrected chi connectivity index (χ0v) is 15.0. The summed E-state index contributed by atoms with van der Waals surface area (Å²) in [7, 11) is 0. The lowest BCUT2D eigenvalue weighted by Gasteiger charge is -2.31. The number of aromatic nitrogens is 2. The second-order valence-electron chi connectivity index (χ2n) is 6.82. The van der Waals surface area contributed by atoms with Crippen molar-refractivity contribution in [2.45, 2.75) is 19.4 Å². The maximum Gasteiger partial charge on any atom is 0.289 e. The van der Waals surface area contributed by atoms with Gasteiger partial charge in [-0.3, -0.25) is 9.59 Å². The third kappa shape index (κ3) is 3.84. The molecule has 1 amide bonds. The molecule has 4 rings (SSSR count). The standard InChI is InChI=1S/C21H21N3O3/c25-20-9-8-18(17-5-2-1-3-6-17)22-24(20)15-16-10-12-23(13-11-16)21(26)19-7-4-14-27-19/h1-9,14,16H,10-13,15H2. The number of rotatable bonds is 4. The van der Waals surface area contributed by atoms with Gasteiger partial charge in [0, 0.05) is 31.3 Å². The van der Waals surface area contributed by atoms with Crippen LogP contribution in [0.2, 0.25) is 0 Å². The fraction of sp³-hybridized carbons (Fsp3) is 0.286. The minimum atomic E-state index is -0.0937. The predicted octanol–water partition coefficient (Wildman–Crippen LogP) is 3.06. The van der Waals surface area contributed by atoms with Gasteiger partial charge >= 0.3 is 0 Å². The molecule has 0 atom stereocenters. The molecule has 27 heavy (non-hydrogen) atoms. The van der Waals surface area contributed by atoms with Crippen LogP contribution in [0, 0.1) is 5.92 Å². The Morgan fingerprint density at radius 2 is 1.81 bits per heavy atom. The molecule has 1 saturated heterocycles. The van der Waals surface area contributed by atoms with Crippen molar-refractivity contribution in [1.82, 2.24) is 14.7 Å². The van der Waals surface area contributed by atoms with E-state index in [1.165, 1.54) is 6.26 Å². The topological polar surface area (TPSA) is 68.3 Å². The monoisotopic (exact) mass is 363 g/mol. The Morgan fingerprint density at radius 1 is 1.04 bits per heavy atom. The van der Waals surface area contributed by atoms with Gasteiger partial charge in [0.2, 0.25) is 0 Å². The Bertz CT molecular complexity index is 956. The Morgan fingerprint density at radius 3 is 2.52 bits per heavy atom. The van der Waals surface area contributed by atoms with Crippen molar-refractivity contribution < 1.29 is 9.21 Å². The van der Waals surface area contributed by atoms with E-state index in [0.29, 0.717) is 31.3 Å². The van der Waals surface area contributed by atoms with E-state index in [4.69, 9.17) is 4.42 Å². The molecule has 0 spiro atoms. The van der Waals surface area contributed by atoms with Crippen LogP contribution in [-0.2, 0) is 6.54 Å². The predicted molar refractivity (Wildman–Crippen MR) is 101 cm³/mol. The number of piperidine rings is 1. The van der Waals surface area contributed by atoms with Crippen LogP contribution in [0.25, 0.3) is 11.3 Å². The Kier molecular flexibility index (Phi) is 4.87. The highest BCUT2D eigenvalue weighted by Gasteiger charge is 2.25. The molecule has 3 aromatic rings. The van der Waals surface area contributed by atoms with Crippen molar-refractivity contribution in [2.75, 3.05) is 13.1 Å². The molecule has 0 bridgehead atoms. The van der Waals surface area contributed by atoms with Crippen molar-refractivity contribution in [1.29, 1.82) is 0 Å². The lowest BCUT2D eigenvalue weighted by molar-refractivity contribution is 0.0648. The van der Waals surface area contributed by atoms with E-state index in [2.05, 4.69) is 5.10 Å². The molecular formula is C21H21N3O3. The Labute approximate surface area is 157 Å². The third-order valence-corrected chi connectivity index (χ3v) is 5.00. The second-order valence-corrected chi connectivity index (χ2v) is 6.82. The van der Waals surface area contributed by atoms with Crippen LogP contribution in [0.3, 0.4) is 0 Å². The molecule has 2 aromatic heterocycles. The molecule has 6 heteroatoms. The molecule has 6 nitrogen and oxygen atoms in total. The minimum Gasteiger partial charge on any atom is -0.459 e. The van der Waals surface area contributed by atoms with Gasteiger partial charge in [-0.2, -0.15) is 5.10 Å². The van der Waals surface area contributed by atoms with E-state index >= 15 is 0 Å². The number of benzene rings is 1. The molecule has 1 aliphatic rings. The summed E-state index contributed by atoms with van der Waals surface area (Å²) in [6, 6.07) is 16.6. The molecule has 1 aromatic carbocycles. The number of hydrogen-bond acceptors (Lipinski definition) is 4. The highest BCUT2D eigenvalue weighted by molar-refractivity contribution is 5.91. The molecule has 3 heterocycles. The average Bonchev–Trinajstić information content (AvgIpc) is 3.25. The number of furan rings is 1. The Hall–Kier alpha value is -3.15. The minimum absolute atomic E-state index is 0.0696. The summed E-state index contributed by atoms with van der Waals surface area (Å²) < 4.78 is 6.75. The van der Waals surface area contributed by atoms with Crippen molar-refractivity contribution >= 4 is 5.91 Å². The first kappa shape index (κ1) is 17.3.